The van der Waals surface area contributed by atoms with Crippen LogP contribution in [0.15, 0.2) is 41.4 Å². The number of phenolic OH excluding ortho intramolecular Hbond substituents is 1. The summed E-state index contributed by atoms with van der Waals surface area (Å²) in [4.78, 5) is 7.30. The number of nitrogens with zero attached hydrogens (tertiary/aromatic N) is 2. The van der Waals surface area contributed by atoms with Gasteiger partial charge in [0.05, 0.1) is 10.7 Å². The van der Waals surface area contributed by atoms with E-state index in [4.69, 9.17) is 16.6 Å². The zero-order chi connectivity index (χ0) is 16.8. The van der Waals surface area contributed by atoms with Crippen LogP contribution in [0.2, 0.25) is 5.02 Å². The summed E-state index contributed by atoms with van der Waals surface area (Å²) >= 11 is 6.15. The topological polar surface area (TPSA) is 35.8 Å². The molecule has 0 saturated heterocycles. The lowest BCUT2D eigenvalue weighted by molar-refractivity contribution is 0.344. The van der Waals surface area contributed by atoms with Crippen LogP contribution in [0.25, 0.3) is 0 Å². The van der Waals surface area contributed by atoms with Crippen LogP contribution in [0.3, 0.4) is 0 Å². The largest absolute Gasteiger partial charge is 0.506 e. The van der Waals surface area contributed by atoms with Crippen LogP contribution < -0.4 is 0 Å². The number of phenols is 1. The van der Waals surface area contributed by atoms with E-state index in [1.54, 1.807) is 0 Å². The Hall–Kier alpha value is -1.84. The van der Waals surface area contributed by atoms with E-state index in [0.29, 0.717) is 10.9 Å². The molecule has 0 fully saturated rings. The second-order valence-electron chi connectivity index (χ2n) is 6.88. The Balaban J connectivity index is 1.82. The Morgan fingerprint density at radius 3 is 2.79 bits per heavy atom. The van der Waals surface area contributed by atoms with Crippen molar-refractivity contribution in [1.29, 1.82) is 0 Å². The molecule has 1 N–H and O–H groups in total. The summed E-state index contributed by atoms with van der Waals surface area (Å²) in [5.74, 6) is 0.634. The highest BCUT2D eigenvalue weighted by Crippen LogP contribution is 2.42. The average Bonchev–Trinajstić information content (AvgIpc) is 2.82. The van der Waals surface area contributed by atoms with Gasteiger partial charge >= 0.3 is 0 Å². The number of likely N-dealkylation sites (N-methyl/N-ethyl adjacent to an activating group) is 1. The third-order valence-corrected chi connectivity index (χ3v) is 5.60. The van der Waals surface area contributed by atoms with E-state index in [2.05, 4.69) is 37.1 Å². The summed E-state index contributed by atoms with van der Waals surface area (Å²) < 4.78 is 0. The van der Waals surface area contributed by atoms with Gasteiger partial charge in [-0.05, 0) is 48.4 Å². The van der Waals surface area contributed by atoms with Crippen LogP contribution in [0, 0.1) is 0 Å². The van der Waals surface area contributed by atoms with Gasteiger partial charge in [0.1, 0.15) is 5.75 Å². The standard InChI is InChI=1S/C20H21ClN2O/c1-12-14-5-3-4-6-18(14)22-20(12)16-11-23(2)8-7-13-9-17(21)19(24)10-15(13)16/h3-6,9-10,12,16,24H,7-8,11H2,1-2H3. The van der Waals surface area contributed by atoms with E-state index in [1.807, 2.05) is 18.2 Å². The Labute approximate surface area is 147 Å². The first-order chi connectivity index (χ1) is 11.5. The highest BCUT2D eigenvalue weighted by Gasteiger charge is 2.33. The predicted molar refractivity (Wildman–Crippen MR) is 99.0 cm³/mol. The van der Waals surface area contributed by atoms with Crippen LogP contribution >= 0.6 is 11.6 Å². The molecule has 0 radical (unpaired) electrons. The molecule has 3 nitrogen and oxygen atoms in total. The second kappa shape index (κ2) is 5.91. The van der Waals surface area contributed by atoms with Crippen molar-refractivity contribution in [1.82, 2.24) is 4.90 Å². The van der Waals surface area contributed by atoms with E-state index in [0.717, 1.165) is 25.2 Å². The lowest BCUT2D eigenvalue weighted by Crippen LogP contribution is -2.29. The van der Waals surface area contributed by atoms with Crippen LogP contribution in [-0.4, -0.2) is 35.9 Å². The molecule has 4 heteroatoms. The summed E-state index contributed by atoms with van der Waals surface area (Å²) in [5, 5.41) is 10.6. The molecular formula is C20H21ClN2O. The minimum Gasteiger partial charge on any atom is -0.506 e. The highest BCUT2D eigenvalue weighted by molar-refractivity contribution is 6.32. The third-order valence-electron chi connectivity index (χ3n) is 5.29. The van der Waals surface area contributed by atoms with Crippen molar-refractivity contribution in [3.63, 3.8) is 0 Å². The van der Waals surface area contributed by atoms with E-state index < -0.39 is 0 Å². The van der Waals surface area contributed by atoms with Crippen molar-refractivity contribution >= 4 is 23.0 Å². The quantitative estimate of drug-likeness (QED) is 0.829. The molecule has 2 heterocycles. The molecule has 24 heavy (non-hydrogen) atoms. The van der Waals surface area contributed by atoms with Crippen molar-refractivity contribution in [3.05, 3.63) is 58.1 Å². The second-order valence-corrected chi connectivity index (χ2v) is 7.29. The minimum atomic E-state index is 0.161. The van der Waals surface area contributed by atoms with E-state index >= 15 is 0 Å². The molecule has 2 unspecified atom stereocenters. The Bertz CT molecular complexity index is 830. The zero-order valence-electron chi connectivity index (χ0n) is 14.0. The number of rotatable bonds is 1. The molecule has 124 valence electrons. The fourth-order valence-electron chi connectivity index (χ4n) is 3.96. The van der Waals surface area contributed by atoms with Gasteiger partial charge in [0.15, 0.2) is 0 Å². The van der Waals surface area contributed by atoms with Gasteiger partial charge in [-0.1, -0.05) is 36.7 Å². The molecule has 0 spiro atoms. The molecule has 2 aliphatic heterocycles. The first-order valence-corrected chi connectivity index (χ1v) is 8.79. The minimum absolute atomic E-state index is 0.161. The van der Waals surface area contributed by atoms with E-state index in [-0.39, 0.29) is 11.7 Å². The Morgan fingerprint density at radius 2 is 2.00 bits per heavy atom. The number of benzene rings is 2. The molecule has 0 bridgehead atoms. The number of hydrogen-bond donors (Lipinski definition) is 1. The average molecular weight is 341 g/mol. The Kier molecular flexibility index (Phi) is 3.86. The molecule has 2 aliphatic rings. The number of hydrogen-bond acceptors (Lipinski definition) is 3. The van der Waals surface area contributed by atoms with Gasteiger partial charge in [-0.3, -0.25) is 4.99 Å². The SMILES string of the molecule is CC1C(C2CN(C)CCc3cc(Cl)c(O)cc32)=Nc2ccccc21. The molecular weight excluding hydrogens is 320 g/mol. The summed E-state index contributed by atoms with van der Waals surface area (Å²) in [6.45, 7) is 4.12. The summed E-state index contributed by atoms with van der Waals surface area (Å²) in [6.07, 6.45) is 0.941. The maximum atomic E-state index is 10.1. The highest BCUT2D eigenvalue weighted by atomic mass is 35.5. The monoisotopic (exact) mass is 340 g/mol. The van der Waals surface area contributed by atoms with Crippen LogP contribution in [-0.2, 0) is 6.42 Å². The number of aliphatic imine (C=N–C) groups is 1. The number of halogens is 1. The van der Waals surface area contributed by atoms with Gasteiger partial charge < -0.3 is 10.0 Å². The van der Waals surface area contributed by atoms with Gasteiger partial charge in [-0.25, -0.2) is 0 Å². The Morgan fingerprint density at radius 1 is 1.21 bits per heavy atom. The zero-order valence-corrected chi connectivity index (χ0v) is 14.7. The fourth-order valence-corrected chi connectivity index (χ4v) is 4.14. The smallest absolute Gasteiger partial charge is 0.134 e. The normalized spacial score (nSPS) is 23.4. The van der Waals surface area contributed by atoms with Crippen molar-refractivity contribution < 1.29 is 5.11 Å². The maximum Gasteiger partial charge on any atom is 0.134 e. The summed E-state index contributed by atoms with van der Waals surface area (Å²) in [7, 11) is 2.15. The summed E-state index contributed by atoms with van der Waals surface area (Å²) in [5.41, 5.74) is 5.94. The molecule has 2 aromatic rings. The van der Waals surface area contributed by atoms with Crippen LogP contribution in [0.5, 0.6) is 5.75 Å². The maximum absolute atomic E-state index is 10.1. The molecule has 4 rings (SSSR count). The van der Waals surface area contributed by atoms with E-state index in [1.165, 1.54) is 22.4 Å². The van der Waals surface area contributed by atoms with Gasteiger partial charge in [0, 0.05) is 30.6 Å². The lowest BCUT2D eigenvalue weighted by Gasteiger charge is -2.24. The van der Waals surface area contributed by atoms with Crippen molar-refractivity contribution in [2.75, 3.05) is 20.1 Å². The van der Waals surface area contributed by atoms with Gasteiger partial charge in [-0.15, -0.1) is 0 Å². The van der Waals surface area contributed by atoms with Gasteiger partial charge in [-0.2, -0.15) is 0 Å². The first kappa shape index (κ1) is 15.7. The molecule has 2 aromatic carbocycles. The van der Waals surface area contributed by atoms with Crippen LogP contribution in [0.1, 0.15) is 35.4 Å². The first-order valence-electron chi connectivity index (χ1n) is 8.42. The number of fused-ring (bicyclic) bond motifs is 2. The molecule has 0 amide bonds. The number of aromatic hydroxyl groups is 1. The van der Waals surface area contributed by atoms with Crippen molar-refractivity contribution in [2.24, 2.45) is 4.99 Å². The van der Waals surface area contributed by atoms with E-state index in [9.17, 15) is 5.11 Å². The summed E-state index contributed by atoms with van der Waals surface area (Å²) in [6, 6.07) is 12.1. The molecule has 0 aromatic heterocycles. The van der Waals surface area contributed by atoms with Crippen molar-refractivity contribution in [2.45, 2.75) is 25.2 Å². The molecule has 0 saturated carbocycles. The lowest BCUT2D eigenvalue weighted by atomic mass is 9.83. The van der Waals surface area contributed by atoms with Gasteiger partial charge in [0.25, 0.3) is 0 Å². The molecule has 0 aliphatic carbocycles. The van der Waals surface area contributed by atoms with Crippen molar-refractivity contribution in [3.8, 4) is 5.75 Å². The third kappa shape index (κ3) is 2.52. The van der Waals surface area contributed by atoms with Crippen LogP contribution in [0.4, 0.5) is 5.69 Å². The fraction of sp³-hybridized carbons (Fsp3) is 0.350. The predicted octanol–water partition coefficient (Wildman–Crippen LogP) is 4.51. The van der Waals surface area contributed by atoms with Gasteiger partial charge in [0.2, 0.25) is 0 Å². The number of para-hydroxylation sites is 1. The molecule has 2 atom stereocenters.